The predicted molar refractivity (Wildman–Crippen MR) is 64.3 cm³/mol. The van der Waals surface area contributed by atoms with Crippen molar-refractivity contribution in [3.63, 3.8) is 0 Å². The van der Waals surface area contributed by atoms with E-state index in [1.807, 2.05) is 4.90 Å². The van der Waals surface area contributed by atoms with Crippen molar-refractivity contribution in [3.8, 4) is 0 Å². The summed E-state index contributed by atoms with van der Waals surface area (Å²) in [6, 6.07) is 0. The standard InChI is InChI=1S/C9H12N2O4S2/c1-15-8(12)7-6-16-9(10-7)11-2-4-17(13,14)5-3-11/h6H,2-5H2,1H3. The van der Waals surface area contributed by atoms with Gasteiger partial charge < -0.3 is 9.64 Å². The fourth-order valence-corrected chi connectivity index (χ4v) is 3.56. The van der Waals surface area contributed by atoms with Crippen molar-refractivity contribution >= 4 is 32.3 Å². The average molecular weight is 276 g/mol. The van der Waals surface area contributed by atoms with Crippen LogP contribution in [0.15, 0.2) is 5.38 Å². The number of hydrogen-bond acceptors (Lipinski definition) is 7. The zero-order chi connectivity index (χ0) is 12.5. The number of rotatable bonds is 2. The number of carbonyl (C=O) groups is 1. The summed E-state index contributed by atoms with van der Waals surface area (Å²) in [4.78, 5) is 17.2. The van der Waals surface area contributed by atoms with Crippen LogP contribution in [0.3, 0.4) is 0 Å². The van der Waals surface area contributed by atoms with E-state index in [-0.39, 0.29) is 17.2 Å². The van der Waals surface area contributed by atoms with E-state index in [0.29, 0.717) is 18.2 Å². The minimum absolute atomic E-state index is 0.139. The van der Waals surface area contributed by atoms with Crippen molar-refractivity contribution in [3.05, 3.63) is 11.1 Å². The fraction of sp³-hybridized carbons (Fsp3) is 0.556. The lowest BCUT2D eigenvalue weighted by Gasteiger charge is -2.25. The van der Waals surface area contributed by atoms with E-state index in [4.69, 9.17) is 0 Å². The molecule has 1 aromatic heterocycles. The van der Waals surface area contributed by atoms with E-state index in [2.05, 4.69) is 9.72 Å². The van der Waals surface area contributed by atoms with Gasteiger partial charge in [0.15, 0.2) is 20.7 Å². The van der Waals surface area contributed by atoms with Gasteiger partial charge in [0.1, 0.15) is 0 Å². The second-order valence-corrected chi connectivity index (χ2v) is 6.79. The van der Waals surface area contributed by atoms with Gasteiger partial charge in [0.05, 0.1) is 18.6 Å². The van der Waals surface area contributed by atoms with Crippen LogP contribution in [0, 0.1) is 0 Å². The van der Waals surface area contributed by atoms with Crippen LogP contribution < -0.4 is 4.90 Å². The monoisotopic (exact) mass is 276 g/mol. The normalized spacial score (nSPS) is 19.0. The molecule has 0 aromatic carbocycles. The van der Waals surface area contributed by atoms with Gasteiger partial charge in [-0.15, -0.1) is 11.3 Å². The maximum absolute atomic E-state index is 11.3. The van der Waals surface area contributed by atoms with Gasteiger partial charge >= 0.3 is 5.97 Å². The molecular weight excluding hydrogens is 264 g/mol. The molecule has 1 saturated heterocycles. The van der Waals surface area contributed by atoms with Gasteiger partial charge in [0, 0.05) is 18.5 Å². The highest BCUT2D eigenvalue weighted by atomic mass is 32.2. The lowest BCUT2D eigenvalue weighted by Crippen LogP contribution is -2.40. The first-order valence-electron chi connectivity index (χ1n) is 5.01. The molecule has 17 heavy (non-hydrogen) atoms. The quantitative estimate of drug-likeness (QED) is 0.716. The molecule has 0 saturated carbocycles. The van der Waals surface area contributed by atoms with E-state index in [1.54, 1.807) is 5.38 Å². The molecule has 0 N–H and O–H groups in total. The predicted octanol–water partition coefficient (Wildman–Crippen LogP) is 0.165. The molecule has 1 aliphatic rings. The van der Waals surface area contributed by atoms with Crippen LogP contribution in [0.1, 0.15) is 10.5 Å². The largest absolute Gasteiger partial charge is 0.464 e. The summed E-state index contributed by atoms with van der Waals surface area (Å²) >= 11 is 1.32. The smallest absolute Gasteiger partial charge is 0.357 e. The molecule has 0 bridgehead atoms. The number of hydrogen-bond donors (Lipinski definition) is 0. The highest BCUT2D eigenvalue weighted by Crippen LogP contribution is 2.22. The lowest BCUT2D eigenvalue weighted by atomic mass is 10.5. The number of methoxy groups -OCH3 is 1. The lowest BCUT2D eigenvalue weighted by molar-refractivity contribution is 0.0595. The van der Waals surface area contributed by atoms with Gasteiger partial charge in [-0.2, -0.15) is 0 Å². The maximum Gasteiger partial charge on any atom is 0.357 e. The average Bonchev–Trinajstić information content (AvgIpc) is 2.77. The van der Waals surface area contributed by atoms with Crippen LogP contribution in [0.2, 0.25) is 0 Å². The number of nitrogens with zero attached hydrogens (tertiary/aromatic N) is 2. The summed E-state index contributed by atoms with van der Waals surface area (Å²) in [6.07, 6.45) is 0. The van der Waals surface area contributed by atoms with Gasteiger partial charge in [0.25, 0.3) is 0 Å². The van der Waals surface area contributed by atoms with E-state index in [0.717, 1.165) is 0 Å². The SMILES string of the molecule is COC(=O)c1csc(N2CCS(=O)(=O)CC2)n1. The molecule has 2 rings (SSSR count). The Balaban J connectivity index is 2.09. The van der Waals surface area contributed by atoms with Crippen molar-refractivity contribution < 1.29 is 17.9 Å². The molecule has 1 aromatic rings. The van der Waals surface area contributed by atoms with Crippen LogP contribution in [0.5, 0.6) is 0 Å². The van der Waals surface area contributed by atoms with Crippen LogP contribution >= 0.6 is 11.3 Å². The molecule has 1 aliphatic heterocycles. The molecule has 0 aliphatic carbocycles. The Hall–Kier alpha value is -1.15. The Morgan fingerprint density at radius 1 is 1.47 bits per heavy atom. The number of thiazole rings is 1. The van der Waals surface area contributed by atoms with E-state index in [9.17, 15) is 13.2 Å². The summed E-state index contributed by atoms with van der Waals surface area (Å²) < 4.78 is 27.1. The van der Waals surface area contributed by atoms with E-state index < -0.39 is 15.8 Å². The van der Waals surface area contributed by atoms with E-state index >= 15 is 0 Å². The zero-order valence-electron chi connectivity index (χ0n) is 9.25. The Morgan fingerprint density at radius 3 is 2.71 bits per heavy atom. The number of anilines is 1. The first kappa shape index (κ1) is 12.3. The summed E-state index contributed by atoms with van der Waals surface area (Å²) in [5.74, 6) is -0.197. The van der Waals surface area contributed by atoms with Crippen LogP contribution in [-0.2, 0) is 14.6 Å². The molecule has 6 nitrogen and oxygen atoms in total. The molecule has 2 heterocycles. The summed E-state index contributed by atoms with van der Waals surface area (Å²) in [5, 5.41) is 2.28. The molecule has 0 spiro atoms. The second-order valence-electron chi connectivity index (χ2n) is 3.65. The Labute approximate surface area is 103 Å². The Bertz CT molecular complexity index is 509. The second kappa shape index (κ2) is 4.61. The first-order chi connectivity index (χ1) is 8.02. The van der Waals surface area contributed by atoms with Crippen molar-refractivity contribution in [1.29, 1.82) is 0 Å². The Kier molecular flexibility index (Phi) is 3.34. The number of aromatic nitrogens is 1. The van der Waals surface area contributed by atoms with Gasteiger partial charge in [0.2, 0.25) is 0 Å². The molecule has 8 heteroatoms. The molecule has 1 fully saturated rings. The van der Waals surface area contributed by atoms with Gasteiger partial charge in [-0.25, -0.2) is 18.2 Å². The topological polar surface area (TPSA) is 76.6 Å². The highest BCUT2D eigenvalue weighted by molar-refractivity contribution is 7.91. The highest BCUT2D eigenvalue weighted by Gasteiger charge is 2.24. The van der Waals surface area contributed by atoms with Crippen molar-refractivity contribution in [2.75, 3.05) is 36.6 Å². The summed E-state index contributed by atoms with van der Waals surface area (Å²) in [5.41, 5.74) is 0.265. The maximum atomic E-state index is 11.3. The third-order valence-corrected chi connectivity index (χ3v) is 5.01. The molecule has 0 amide bonds. The van der Waals surface area contributed by atoms with Gasteiger partial charge in [-0.3, -0.25) is 0 Å². The van der Waals surface area contributed by atoms with E-state index in [1.165, 1.54) is 18.4 Å². The first-order valence-corrected chi connectivity index (χ1v) is 7.71. The molecule has 94 valence electrons. The Morgan fingerprint density at radius 2 is 2.12 bits per heavy atom. The number of sulfone groups is 1. The van der Waals surface area contributed by atoms with Crippen LogP contribution in [0.4, 0.5) is 5.13 Å². The number of ether oxygens (including phenoxy) is 1. The third-order valence-electron chi connectivity index (χ3n) is 2.50. The summed E-state index contributed by atoms with van der Waals surface area (Å²) in [6.45, 7) is 0.854. The van der Waals surface area contributed by atoms with Crippen LogP contribution in [0.25, 0.3) is 0 Å². The van der Waals surface area contributed by atoms with Crippen LogP contribution in [-0.4, -0.2) is 51.1 Å². The molecule has 0 unspecified atom stereocenters. The van der Waals surface area contributed by atoms with Crippen molar-refractivity contribution in [1.82, 2.24) is 4.98 Å². The zero-order valence-corrected chi connectivity index (χ0v) is 10.9. The minimum Gasteiger partial charge on any atom is -0.464 e. The number of carbonyl (C=O) groups excluding carboxylic acids is 1. The number of esters is 1. The molecule has 0 radical (unpaired) electrons. The molecule has 0 atom stereocenters. The molecular formula is C9H12N2O4S2. The minimum atomic E-state index is -2.89. The third kappa shape index (κ3) is 2.75. The van der Waals surface area contributed by atoms with Crippen molar-refractivity contribution in [2.24, 2.45) is 0 Å². The van der Waals surface area contributed by atoms with Gasteiger partial charge in [-0.1, -0.05) is 0 Å². The van der Waals surface area contributed by atoms with Gasteiger partial charge in [-0.05, 0) is 0 Å². The fourth-order valence-electron chi connectivity index (χ4n) is 1.51. The summed E-state index contributed by atoms with van der Waals surface area (Å²) in [7, 11) is -1.59. The van der Waals surface area contributed by atoms with Crippen molar-refractivity contribution in [2.45, 2.75) is 0 Å².